The maximum atomic E-state index is 13.5. The lowest BCUT2D eigenvalue weighted by Gasteiger charge is -2.25. The summed E-state index contributed by atoms with van der Waals surface area (Å²) in [5.41, 5.74) is 0.907. The normalized spacial score (nSPS) is 19.0. The summed E-state index contributed by atoms with van der Waals surface area (Å²) in [6.45, 7) is 2.63. The fourth-order valence-corrected chi connectivity index (χ4v) is 3.02. The molecule has 2 heterocycles. The predicted molar refractivity (Wildman–Crippen MR) is 78.6 cm³/mol. The molecule has 0 amide bonds. The molecular formula is C16H20FN3O. The number of methoxy groups -OCH3 is 1. The van der Waals surface area contributed by atoms with Gasteiger partial charge in [0.05, 0.1) is 13.7 Å². The van der Waals surface area contributed by atoms with Crippen LogP contribution in [0.5, 0.6) is 5.75 Å². The summed E-state index contributed by atoms with van der Waals surface area (Å²) in [5.74, 6) is 0.537. The van der Waals surface area contributed by atoms with Crippen molar-refractivity contribution < 1.29 is 9.13 Å². The molecule has 2 aromatic rings. The highest BCUT2D eigenvalue weighted by Gasteiger charge is 2.25. The molecule has 0 N–H and O–H groups in total. The van der Waals surface area contributed by atoms with E-state index in [1.165, 1.54) is 12.5 Å². The zero-order valence-corrected chi connectivity index (χ0v) is 12.2. The molecule has 1 aliphatic rings. The van der Waals surface area contributed by atoms with Gasteiger partial charge in [-0.1, -0.05) is 0 Å². The van der Waals surface area contributed by atoms with E-state index in [1.807, 2.05) is 16.9 Å². The molecule has 0 unspecified atom stereocenters. The highest BCUT2D eigenvalue weighted by atomic mass is 19.1. The van der Waals surface area contributed by atoms with Crippen LogP contribution < -0.4 is 4.74 Å². The summed E-state index contributed by atoms with van der Waals surface area (Å²) in [5, 5.41) is 4.27. The second-order valence-electron chi connectivity index (χ2n) is 5.45. The summed E-state index contributed by atoms with van der Waals surface area (Å²) in [4.78, 5) is 2.39. The van der Waals surface area contributed by atoms with Gasteiger partial charge in [-0.25, -0.2) is 4.39 Å². The van der Waals surface area contributed by atoms with Crippen molar-refractivity contribution in [2.75, 3.05) is 13.7 Å². The van der Waals surface area contributed by atoms with E-state index in [0.29, 0.717) is 12.6 Å². The Hall–Kier alpha value is -1.88. The Balaban J connectivity index is 1.72. The zero-order valence-electron chi connectivity index (χ0n) is 12.2. The van der Waals surface area contributed by atoms with E-state index in [9.17, 15) is 4.39 Å². The maximum Gasteiger partial charge on any atom is 0.123 e. The summed E-state index contributed by atoms with van der Waals surface area (Å²) in [6.07, 6.45) is 6.11. The van der Waals surface area contributed by atoms with E-state index in [1.54, 1.807) is 25.4 Å². The first-order valence-electron chi connectivity index (χ1n) is 7.30. The molecule has 1 aliphatic heterocycles. The molecule has 1 fully saturated rings. The summed E-state index contributed by atoms with van der Waals surface area (Å²) >= 11 is 0. The van der Waals surface area contributed by atoms with Gasteiger partial charge in [0.1, 0.15) is 11.6 Å². The molecule has 1 aromatic carbocycles. The van der Waals surface area contributed by atoms with E-state index in [0.717, 1.165) is 30.8 Å². The lowest BCUT2D eigenvalue weighted by atomic mass is 10.1. The average Bonchev–Trinajstić information content (AvgIpc) is 3.12. The molecule has 1 saturated heterocycles. The molecule has 0 saturated carbocycles. The third-order valence-corrected chi connectivity index (χ3v) is 4.07. The third-order valence-electron chi connectivity index (χ3n) is 4.07. The van der Waals surface area contributed by atoms with Gasteiger partial charge in [0.2, 0.25) is 0 Å². The molecule has 112 valence electrons. The fourth-order valence-electron chi connectivity index (χ4n) is 3.02. The smallest absolute Gasteiger partial charge is 0.123 e. The highest BCUT2D eigenvalue weighted by Crippen LogP contribution is 2.26. The van der Waals surface area contributed by atoms with Crippen molar-refractivity contribution in [2.45, 2.75) is 32.0 Å². The van der Waals surface area contributed by atoms with Crippen molar-refractivity contribution in [3.63, 3.8) is 0 Å². The topological polar surface area (TPSA) is 30.3 Å². The molecule has 0 spiro atoms. The Morgan fingerprint density at radius 3 is 3.10 bits per heavy atom. The van der Waals surface area contributed by atoms with E-state index in [4.69, 9.17) is 4.74 Å². The lowest BCUT2D eigenvalue weighted by Crippen LogP contribution is -2.32. The fraction of sp³-hybridized carbons (Fsp3) is 0.438. The molecule has 21 heavy (non-hydrogen) atoms. The van der Waals surface area contributed by atoms with E-state index in [-0.39, 0.29) is 5.82 Å². The summed E-state index contributed by atoms with van der Waals surface area (Å²) < 4.78 is 20.8. The number of aromatic nitrogens is 2. The van der Waals surface area contributed by atoms with Gasteiger partial charge in [0, 0.05) is 30.5 Å². The molecule has 0 radical (unpaired) electrons. The molecule has 1 aromatic heterocycles. The van der Waals surface area contributed by atoms with Crippen molar-refractivity contribution in [3.05, 3.63) is 48.0 Å². The molecule has 3 rings (SSSR count). The van der Waals surface area contributed by atoms with Crippen molar-refractivity contribution >= 4 is 0 Å². The van der Waals surface area contributed by atoms with Crippen LogP contribution in [0.2, 0.25) is 0 Å². The van der Waals surface area contributed by atoms with Crippen LogP contribution in [0, 0.1) is 5.82 Å². The largest absolute Gasteiger partial charge is 0.496 e. The van der Waals surface area contributed by atoms with Crippen LogP contribution in [0.3, 0.4) is 0 Å². The SMILES string of the molecule is COc1ccc(F)cc1CN1CCC[C@H]1Cn1cccn1. The Labute approximate surface area is 124 Å². The van der Waals surface area contributed by atoms with Crippen molar-refractivity contribution in [3.8, 4) is 5.75 Å². The number of likely N-dealkylation sites (tertiary alicyclic amines) is 1. The van der Waals surface area contributed by atoms with Crippen LogP contribution in [0.25, 0.3) is 0 Å². The Bertz CT molecular complexity index is 585. The number of ether oxygens (including phenoxy) is 1. The van der Waals surface area contributed by atoms with Crippen molar-refractivity contribution in [1.82, 2.24) is 14.7 Å². The highest BCUT2D eigenvalue weighted by molar-refractivity contribution is 5.34. The van der Waals surface area contributed by atoms with Gasteiger partial charge in [0.15, 0.2) is 0 Å². The van der Waals surface area contributed by atoms with Gasteiger partial charge in [-0.2, -0.15) is 5.10 Å². The van der Waals surface area contributed by atoms with Crippen LogP contribution in [-0.2, 0) is 13.1 Å². The third kappa shape index (κ3) is 3.24. The minimum atomic E-state index is -0.214. The van der Waals surface area contributed by atoms with E-state index < -0.39 is 0 Å². The van der Waals surface area contributed by atoms with E-state index >= 15 is 0 Å². The molecular weight excluding hydrogens is 269 g/mol. The van der Waals surface area contributed by atoms with Gasteiger partial charge in [-0.3, -0.25) is 9.58 Å². The number of hydrogen-bond donors (Lipinski definition) is 0. The van der Waals surface area contributed by atoms with Gasteiger partial charge in [-0.05, 0) is 43.7 Å². The molecule has 5 heteroatoms. The Morgan fingerprint density at radius 1 is 1.43 bits per heavy atom. The Morgan fingerprint density at radius 2 is 2.33 bits per heavy atom. The van der Waals surface area contributed by atoms with Crippen LogP contribution in [0.1, 0.15) is 18.4 Å². The second kappa shape index (κ2) is 6.26. The second-order valence-corrected chi connectivity index (χ2v) is 5.45. The number of nitrogens with zero attached hydrogens (tertiary/aromatic N) is 3. The minimum Gasteiger partial charge on any atom is -0.496 e. The Kier molecular flexibility index (Phi) is 4.20. The first-order chi connectivity index (χ1) is 10.3. The molecule has 4 nitrogen and oxygen atoms in total. The van der Waals surface area contributed by atoms with Gasteiger partial charge in [0.25, 0.3) is 0 Å². The first kappa shape index (κ1) is 14.1. The van der Waals surface area contributed by atoms with Gasteiger partial charge >= 0.3 is 0 Å². The number of halogens is 1. The van der Waals surface area contributed by atoms with Crippen LogP contribution in [-0.4, -0.2) is 34.4 Å². The predicted octanol–water partition coefficient (Wildman–Crippen LogP) is 2.70. The first-order valence-corrected chi connectivity index (χ1v) is 7.30. The van der Waals surface area contributed by atoms with Gasteiger partial charge < -0.3 is 4.74 Å². The summed E-state index contributed by atoms with van der Waals surface area (Å²) in [7, 11) is 1.63. The monoisotopic (exact) mass is 289 g/mol. The number of rotatable bonds is 5. The standard InChI is InChI=1S/C16H20FN3O/c1-21-16-6-5-14(17)10-13(16)11-19-8-2-4-15(19)12-20-9-3-7-18-20/h3,5-7,9-10,15H,2,4,8,11-12H2,1H3/t15-/m0/s1. The molecule has 0 aliphatic carbocycles. The maximum absolute atomic E-state index is 13.5. The molecule has 1 atom stereocenters. The minimum absolute atomic E-state index is 0.214. The summed E-state index contributed by atoms with van der Waals surface area (Å²) in [6, 6.07) is 7.09. The number of hydrogen-bond acceptors (Lipinski definition) is 3. The lowest BCUT2D eigenvalue weighted by molar-refractivity contribution is 0.216. The van der Waals surface area contributed by atoms with E-state index in [2.05, 4.69) is 10.00 Å². The van der Waals surface area contributed by atoms with Crippen LogP contribution in [0.15, 0.2) is 36.7 Å². The van der Waals surface area contributed by atoms with Gasteiger partial charge in [-0.15, -0.1) is 0 Å². The van der Waals surface area contributed by atoms with Crippen molar-refractivity contribution in [1.29, 1.82) is 0 Å². The number of benzene rings is 1. The van der Waals surface area contributed by atoms with Crippen molar-refractivity contribution in [2.24, 2.45) is 0 Å². The van der Waals surface area contributed by atoms with Crippen LogP contribution >= 0.6 is 0 Å². The molecule has 0 bridgehead atoms. The zero-order chi connectivity index (χ0) is 14.7. The quantitative estimate of drug-likeness (QED) is 0.848. The average molecular weight is 289 g/mol. The van der Waals surface area contributed by atoms with Crippen LogP contribution in [0.4, 0.5) is 4.39 Å².